The highest BCUT2D eigenvalue weighted by atomic mass is 16.5. The van der Waals surface area contributed by atoms with Gasteiger partial charge in [-0.25, -0.2) is 0 Å². The van der Waals surface area contributed by atoms with Gasteiger partial charge in [-0.3, -0.25) is 4.79 Å². The van der Waals surface area contributed by atoms with Crippen molar-refractivity contribution in [3.05, 3.63) is 0 Å². The smallest absolute Gasteiger partial charge is 0.305 e. The van der Waals surface area contributed by atoms with E-state index < -0.39 is 0 Å². The van der Waals surface area contributed by atoms with Crippen LogP contribution in [0.1, 0.15) is 138 Å². The van der Waals surface area contributed by atoms with Gasteiger partial charge in [-0.1, -0.05) is 60.8 Å². The first-order valence-corrected chi connectivity index (χ1v) is 15.9. The van der Waals surface area contributed by atoms with E-state index in [1.807, 2.05) is 6.92 Å². The van der Waals surface area contributed by atoms with Gasteiger partial charge in [0.05, 0.1) is 6.61 Å². The standard InChI is InChI=1S/C33H58O2/c1-7-10-31(34)35-22-19-25(23(2)3)13-12-24(4)28-16-17-29-27-15-14-26-11-8-9-20-32(26,5)30(27)18-21-33(28,29)6/h23-30H,7-22H2,1-6H3/t24-,25+,26?,27+,28-,29+,30+,32+,33-/m1/s1. The molecule has 4 aliphatic rings. The first kappa shape index (κ1) is 27.5. The number of carbonyl (C=O) groups excluding carboxylic acids is 1. The third-order valence-electron chi connectivity index (χ3n) is 12.5. The van der Waals surface area contributed by atoms with Crippen LogP contribution in [0.3, 0.4) is 0 Å². The van der Waals surface area contributed by atoms with Crippen molar-refractivity contribution in [1.82, 2.24) is 0 Å². The molecule has 0 spiro atoms. The molecule has 9 atom stereocenters. The molecule has 0 amide bonds. The number of ether oxygens (including phenoxy) is 1. The summed E-state index contributed by atoms with van der Waals surface area (Å²) in [6, 6.07) is 0. The predicted octanol–water partition coefficient (Wildman–Crippen LogP) is 9.46. The van der Waals surface area contributed by atoms with E-state index in [4.69, 9.17) is 4.74 Å². The van der Waals surface area contributed by atoms with Crippen molar-refractivity contribution >= 4 is 5.97 Å². The minimum Gasteiger partial charge on any atom is -0.466 e. The zero-order chi connectivity index (χ0) is 25.2. The van der Waals surface area contributed by atoms with E-state index in [0.29, 0.717) is 35.7 Å². The fraction of sp³-hybridized carbons (Fsp3) is 0.970. The maximum atomic E-state index is 11.8. The summed E-state index contributed by atoms with van der Waals surface area (Å²) in [5.74, 6) is 7.14. The van der Waals surface area contributed by atoms with E-state index in [9.17, 15) is 4.79 Å². The van der Waals surface area contributed by atoms with E-state index in [2.05, 4.69) is 34.6 Å². The summed E-state index contributed by atoms with van der Waals surface area (Å²) in [4.78, 5) is 11.8. The van der Waals surface area contributed by atoms with Crippen LogP contribution in [0.4, 0.5) is 0 Å². The summed E-state index contributed by atoms with van der Waals surface area (Å²) in [6.45, 7) is 15.4. The Hall–Kier alpha value is -0.530. The van der Waals surface area contributed by atoms with Gasteiger partial charge in [0.25, 0.3) is 0 Å². The highest BCUT2D eigenvalue weighted by molar-refractivity contribution is 5.69. The van der Waals surface area contributed by atoms with Crippen LogP contribution in [0.25, 0.3) is 0 Å². The average Bonchev–Trinajstić information content (AvgIpc) is 3.18. The lowest BCUT2D eigenvalue weighted by molar-refractivity contribution is -0.144. The van der Waals surface area contributed by atoms with Crippen LogP contribution >= 0.6 is 0 Å². The molecule has 2 nitrogen and oxygen atoms in total. The second kappa shape index (κ2) is 11.5. The van der Waals surface area contributed by atoms with E-state index in [0.717, 1.165) is 48.3 Å². The molecule has 0 N–H and O–H groups in total. The van der Waals surface area contributed by atoms with E-state index in [-0.39, 0.29) is 5.97 Å². The monoisotopic (exact) mass is 486 g/mol. The molecule has 4 rings (SSSR count). The zero-order valence-electron chi connectivity index (χ0n) is 24.2. The Morgan fingerprint density at radius 2 is 1.63 bits per heavy atom. The van der Waals surface area contributed by atoms with Crippen molar-refractivity contribution < 1.29 is 9.53 Å². The molecule has 4 aliphatic carbocycles. The number of hydrogen-bond donors (Lipinski definition) is 0. The fourth-order valence-corrected chi connectivity index (χ4v) is 10.4. The predicted molar refractivity (Wildman–Crippen MR) is 147 cm³/mol. The van der Waals surface area contributed by atoms with Crippen LogP contribution in [-0.4, -0.2) is 12.6 Å². The van der Waals surface area contributed by atoms with Gasteiger partial charge < -0.3 is 4.74 Å². The van der Waals surface area contributed by atoms with Gasteiger partial charge in [0.1, 0.15) is 0 Å². The largest absolute Gasteiger partial charge is 0.466 e. The molecule has 0 aromatic heterocycles. The van der Waals surface area contributed by atoms with Crippen LogP contribution in [0, 0.1) is 58.2 Å². The molecule has 4 fully saturated rings. The van der Waals surface area contributed by atoms with Gasteiger partial charge in [-0.15, -0.1) is 0 Å². The van der Waals surface area contributed by atoms with E-state index in [1.165, 1.54) is 70.6 Å². The van der Waals surface area contributed by atoms with Gasteiger partial charge in [-0.2, -0.15) is 0 Å². The van der Waals surface area contributed by atoms with E-state index in [1.54, 1.807) is 6.42 Å². The molecule has 2 heteroatoms. The molecule has 1 unspecified atom stereocenters. The summed E-state index contributed by atoms with van der Waals surface area (Å²) >= 11 is 0. The third kappa shape index (κ3) is 5.52. The molecule has 0 heterocycles. The molecule has 0 aromatic carbocycles. The van der Waals surface area contributed by atoms with Crippen molar-refractivity contribution in [2.24, 2.45) is 58.2 Å². The van der Waals surface area contributed by atoms with Gasteiger partial charge in [0.15, 0.2) is 0 Å². The van der Waals surface area contributed by atoms with Gasteiger partial charge in [-0.05, 0) is 129 Å². The second-order valence-corrected chi connectivity index (χ2v) is 14.4. The quantitative estimate of drug-likeness (QED) is 0.287. The van der Waals surface area contributed by atoms with Gasteiger partial charge in [0.2, 0.25) is 0 Å². The van der Waals surface area contributed by atoms with Crippen LogP contribution in [-0.2, 0) is 9.53 Å². The normalized spacial score (nSPS) is 40.5. The molecule has 0 aromatic rings. The maximum absolute atomic E-state index is 11.8. The first-order valence-electron chi connectivity index (χ1n) is 15.9. The van der Waals surface area contributed by atoms with Crippen LogP contribution in [0.2, 0.25) is 0 Å². The number of esters is 1. The number of hydrogen-bond acceptors (Lipinski definition) is 2. The molecule has 202 valence electrons. The topological polar surface area (TPSA) is 26.3 Å². The Morgan fingerprint density at radius 3 is 2.37 bits per heavy atom. The highest BCUT2D eigenvalue weighted by Gasteiger charge is 2.60. The van der Waals surface area contributed by atoms with Crippen molar-refractivity contribution in [2.45, 2.75) is 138 Å². The molecular formula is C33H58O2. The molecular weight excluding hydrogens is 428 g/mol. The van der Waals surface area contributed by atoms with Crippen molar-refractivity contribution in [3.8, 4) is 0 Å². The fourth-order valence-electron chi connectivity index (χ4n) is 10.4. The minimum atomic E-state index is -0.0139. The van der Waals surface area contributed by atoms with Crippen LogP contribution in [0.5, 0.6) is 0 Å². The van der Waals surface area contributed by atoms with Crippen LogP contribution < -0.4 is 0 Å². The summed E-state index contributed by atoms with van der Waals surface area (Å²) < 4.78 is 5.51. The van der Waals surface area contributed by atoms with Crippen molar-refractivity contribution in [3.63, 3.8) is 0 Å². The minimum absolute atomic E-state index is 0.0139. The second-order valence-electron chi connectivity index (χ2n) is 14.4. The van der Waals surface area contributed by atoms with Gasteiger partial charge >= 0.3 is 5.97 Å². The van der Waals surface area contributed by atoms with Crippen molar-refractivity contribution in [2.75, 3.05) is 6.61 Å². The lowest BCUT2D eigenvalue weighted by Crippen LogP contribution is -2.53. The molecule has 4 saturated carbocycles. The summed E-state index contributed by atoms with van der Waals surface area (Å²) in [5.41, 5.74) is 1.25. The molecule has 35 heavy (non-hydrogen) atoms. The summed E-state index contributed by atoms with van der Waals surface area (Å²) in [6.07, 6.45) is 20.2. The summed E-state index contributed by atoms with van der Waals surface area (Å²) in [5, 5.41) is 0. The summed E-state index contributed by atoms with van der Waals surface area (Å²) in [7, 11) is 0. The first-order chi connectivity index (χ1) is 16.7. The molecule has 0 radical (unpaired) electrons. The Balaban J connectivity index is 1.33. The molecule has 0 bridgehead atoms. The Bertz CT molecular complexity index is 699. The SMILES string of the molecule is CCCC(=O)OCC[C@H](CC[C@@H](C)[C@H]1CC[C@H]2[C@@H]3CCC4CCCC[C@]4(C)[C@H]3CC[C@]12C)C(C)C. The maximum Gasteiger partial charge on any atom is 0.305 e. The number of rotatable bonds is 10. The Morgan fingerprint density at radius 1 is 0.857 bits per heavy atom. The molecule has 0 aliphatic heterocycles. The number of carbonyl (C=O) groups is 1. The third-order valence-corrected chi connectivity index (χ3v) is 12.5. The van der Waals surface area contributed by atoms with Gasteiger partial charge in [0, 0.05) is 6.42 Å². The number of fused-ring (bicyclic) bond motifs is 5. The average molecular weight is 487 g/mol. The van der Waals surface area contributed by atoms with Crippen molar-refractivity contribution in [1.29, 1.82) is 0 Å². The lowest BCUT2D eigenvalue weighted by Gasteiger charge is -2.61. The molecule has 0 saturated heterocycles. The highest BCUT2D eigenvalue weighted by Crippen LogP contribution is 2.68. The van der Waals surface area contributed by atoms with E-state index >= 15 is 0 Å². The lowest BCUT2D eigenvalue weighted by atomic mass is 9.44. The zero-order valence-corrected chi connectivity index (χ0v) is 24.2. The van der Waals surface area contributed by atoms with Crippen LogP contribution in [0.15, 0.2) is 0 Å². The Kier molecular flexibility index (Phi) is 9.01. The Labute approximate surface area is 218 Å².